The van der Waals surface area contributed by atoms with Gasteiger partial charge >= 0.3 is 0 Å². The van der Waals surface area contributed by atoms with Gasteiger partial charge in [-0.25, -0.2) is 4.98 Å². The highest BCUT2D eigenvalue weighted by Gasteiger charge is 2.31. The van der Waals surface area contributed by atoms with Crippen LogP contribution in [0.3, 0.4) is 0 Å². The quantitative estimate of drug-likeness (QED) is 0.933. The van der Waals surface area contributed by atoms with Crippen molar-refractivity contribution < 1.29 is 0 Å². The summed E-state index contributed by atoms with van der Waals surface area (Å²) in [5.74, 6) is 0.637. The van der Waals surface area contributed by atoms with Crippen LogP contribution in [0.1, 0.15) is 51.6 Å². The van der Waals surface area contributed by atoms with Crippen molar-refractivity contribution in [3.05, 3.63) is 5.69 Å². The first kappa shape index (κ1) is 13.5. The van der Waals surface area contributed by atoms with Crippen LogP contribution >= 0.6 is 0 Å². The predicted octanol–water partition coefficient (Wildman–Crippen LogP) is 2.88. The second-order valence-electron chi connectivity index (χ2n) is 6.57. The molecule has 110 valence electrons. The summed E-state index contributed by atoms with van der Waals surface area (Å²) in [6, 6.07) is 0. The second-order valence-corrected chi connectivity index (χ2v) is 6.57. The lowest BCUT2D eigenvalue weighted by Crippen LogP contribution is -2.21. The average molecular weight is 275 g/mol. The maximum absolute atomic E-state index is 6.18. The molecule has 0 aromatic carbocycles. The van der Waals surface area contributed by atoms with Gasteiger partial charge in [-0.05, 0) is 24.7 Å². The van der Waals surface area contributed by atoms with Crippen LogP contribution in [-0.4, -0.2) is 19.3 Å². The SMILES string of the molecule is CCCc1nn(C)c2c1nc(N)n2CC1(C)CCCC1. The molecule has 0 amide bonds. The smallest absolute Gasteiger partial charge is 0.202 e. The van der Waals surface area contributed by atoms with Gasteiger partial charge in [-0.1, -0.05) is 33.1 Å². The fourth-order valence-electron chi connectivity index (χ4n) is 3.59. The summed E-state index contributed by atoms with van der Waals surface area (Å²) in [6.07, 6.45) is 7.28. The van der Waals surface area contributed by atoms with Gasteiger partial charge in [0.25, 0.3) is 0 Å². The van der Waals surface area contributed by atoms with Crippen LogP contribution < -0.4 is 5.73 Å². The molecule has 5 nitrogen and oxygen atoms in total. The Morgan fingerprint density at radius 1 is 1.30 bits per heavy atom. The van der Waals surface area contributed by atoms with Gasteiger partial charge in [-0.3, -0.25) is 9.25 Å². The number of nitrogen functional groups attached to an aromatic ring is 1. The Balaban J connectivity index is 2.04. The highest BCUT2D eigenvalue weighted by molar-refractivity contribution is 5.77. The number of rotatable bonds is 4. The van der Waals surface area contributed by atoms with Crippen LogP contribution in [0.5, 0.6) is 0 Å². The molecule has 0 atom stereocenters. The van der Waals surface area contributed by atoms with Gasteiger partial charge in [-0.15, -0.1) is 0 Å². The summed E-state index contributed by atoms with van der Waals surface area (Å²) >= 11 is 0. The first-order valence-electron chi connectivity index (χ1n) is 7.72. The van der Waals surface area contributed by atoms with Crippen molar-refractivity contribution in [2.24, 2.45) is 12.5 Å². The standard InChI is InChI=1S/C15H25N5/c1-4-7-11-12-13(19(3)18-11)20(14(16)17-12)10-15(2)8-5-6-9-15/h4-10H2,1-3H3,(H2,16,17). The van der Waals surface area contributed by atoms with Crippen molar-refractivity contribution in [3.63, 3.8) is 0 Å². The maximum Gasteiger partial charge on any atom is 0.202 e. The van der Waals surface area contributed by atoms with E-state index in [2.05, 4.69) is 28.5 Å². The van der Waals surface area contributed by atoms with Gasteiger partial charge in [0.1, 0.15) is 5.52 Å². The van der Waals surface area contributed by atoms with Crippen LogP contribution in [0, 0.1) is 5.41 Å². The summed E-state index contributed by atoms with van der Waals surface area (Å²) in [4.78, 5) is 4.58. The molecule has 2 heterocycles. The summed E-state index contributed by atoms with van der Waals surface area (Å²) in [6.45, 7) is 5.50. The number of hydrogen-bond donors (Lipinski definition) is 1. The first-order valence-corrected chi connectivity index (χ1v) is 7.72. The highest BCUT2D eigenvalue weighted by Crippen LogP contribution is 2.40. The van der Waals surface area contributed by atoms with E-state index in [0.717, 1.165) is 36.2 Å². The number of imidazole rings is 1. The molecule has 1 fully saturated rings. The van der Waals surface area contributed by atoms with E-state index >= 15 is 0 Å². The van der Waals surface area contributed by atoms with E-state index in [1.807, 2.05) is 11.7 Å². The van der Waals surface area contributed by atoms with Gasteiger partial charge < -0.3 is 5.73 Å². The number of hydrogen-bond acceptors (Lipinski definition) is 3. The van der Waals surface area contributed by atoms with Crippen molar-refractivity contribution in [2.45, 2.75) is 58.9 Å². The fraction of sp³-hybridized carbons (Fsp3) is 0.733. The van der Waals surface area contributed by atoms with E-state index in [1.165, 1.54) is 25.7 Å². The zero-order valence-electron chi connectivity index (χ0n) is 12.8. The average Bonchev–Trinajstić information content (AvgIpc) is 3.02. The van der Waals surface area contributed by atoms with Crippen molar-refractivity contribution in [3.8, 4) is 0 Å². The Bertz CT molecular complexity index is 616. The van der Waals surface area contributed by atoms with Crippen LogP contribution in [0.2, 0.25) is 0 Å². The van der Waals surface area contributed by atoms with Crippen molar-refractivity contribution in [1.29, 1.82) is 0 Å². The second kappa shape index (κ2) is 4.79. The molecule has 1 saturated carbocycles. The third-order valence-corrected chi connectivity index (χ3v) is 4.66. The third kappa shape index (κ3) is 2.09. The lowest BCUT2D eigenvalue weighted by molar-refractivity contribution is 0.285. The third-order valence-electron chi connectivity index (χ3n) is 4.66. The van der Waals surface area contributed by atoms with Crippen LogP contribution in [0.4, 0.5) is 5.95 Å². The zero-order valence-corrected chi connectivity index (χ0v) is 12.8. The summed E-state index contributed by atoms with van der Waals surface area (Å²) in [5.41, 5.74) is 9.69. The lowest BCUT2D eigenvalue weighted by Gasteiger charge is -2.24. The van der Waals surface area contributed by atoms with E-state index in [9.17, 15) is 0 Å². The van der Waals surface area contributed by atoms with Crippen molar-refractivity contribution in [1.82, 2.24) is 19.3 Å². The Morgan fingerprint density at radius 3 is 2.65 bits per heavy atom. The molecule has 0 unspecified atom stereocenters. The largest absolute Gasteiger partial charge is 0.369 e. The molecule has 3 rings (SSSR count). The minimum Gasteiger partial charge on any atom is -0.369 e. The van der Waals surface area contributed by atoms with E-state index in [4.69, 9.17) is 5.73 Å². The number of anilines is 1. The minimum atomic E-state index is 0.358. The summed E-state index contributed by atoms with van der Waals surface area (Å²) in [7, 11) is 2.00. The molecule has 1 aliphatic rings. The molecule has 0 spiro atoms. The van der Waals surface area contributed by atoms with Crippen LogP contribution in [-0.2, 0) is 20.0 Å². The molecule has 1 aliphatic carbocycles. The fourth-order valence-corrected chi connectivity index (χ4v) is 3.59. The normalized spacial score (nSPS) is 18.1. The van der Waals surface area contributed by atoms with Gasteiger partial charge in [0.05, 0.1) is 5.69 Å². The van der Waals surface area contributed by atoms with Crippen LogP contribution in [0.15, 0.2) is 0 Å². The first-order chi connectivity index (χ1) is 9.54. The summed E-state index contributed by atoms with van der Waals surface area (Å²) in [5, 5.41) is 4.62. The van der Waals surface area contributed by atoms with E-state index in [-0.39, 0.29) is 0 Å². The Hall–Kier alpha value is -1.52. The van der Waals surface area contributed by atoms with Crippen molar-refractivity contribution in [2.75, 3.05) is 5.73 Å². The van der Waals surface area contributed by atoms with Crippen LogP contribution in [0.25, 0.3) is 11.2 Å². The number of fused-ring (bicyclic) bond motifs is 1. The van der Waals surface area contributed by atoms with E-state index in [1.54, 1.807) is 0 Å². The monoisotopic (exact) mass is 275 g/mol. The van der Waals surface area contributed by atoms with Gasteiger partial charge in [0.15, 0.2) is 5.65 Å². The van der Waals surface area contributed by atoms with Gasteiger partial charge in [0, 0.05) is 13.6 Å². The van der Waals surface area contributed by atoms with E-state index < -0.39 is 0 Å². The Labute approximate surface area is 120 Å². The number of aryl methyl sites for hydroxylation is 2. The molecular weight excluding hydrogens is 250 g/mol. The lowest BCUT2D eigenvalue weighted by atomic mass is 9.89. The van der Waals surface area contributed by atoms with Gasteiger partial charge in [0.2, 0.25) is 5.95 Å². The van der Waals surface area contributed by atoms with Crippen molar-refractivity contribution >= 4 is 17.1 Å². The Kier molecular flexibility index (Phi) is 3.22. The maximum atomic E-state index is 6.18. The molecule has 0 saturated heterocycles. The highest BCUT2D eigenvalue weighted by atomic mass is 15.3. The zero-order chi connectivity index (χ0) is 14.3. The number of aromatic nitrogens is 4. The molecule has 0 radical (unpaired) electrons. The Morgan fingerprint density at radius 2 is 2.00 bits per heavy atom. The molecule has 0 aliphatic heterocycles. The predicted molar refractivity (Wildman–Crippen MR) is 81.5 cm³/mol. The molecule has 2 aromatic heterocycles. The number of nitrogens with zero attached hydrogens (tertiary/aromatic N) is 4. The topological polar surface area (TPSA) is 61.7 Å². The molecular formula is C15H25N5. The molecule has 20 heavy (non-hydrogen) atoms. The van der Waals surface area contributed by atoms with Gasteiger partial charge in [-0.2, -0.15) is 5.10 Å². The van der Waals surface area contributed by atoms with E-state index in [0.29, 0.717) is 11.4 Å². The minimum absolute atomic E-state index is 0.358. The summed E-state index contributed by atoms with van der Waals surface area (Å²) < 4.78 is 4.12. The molecule has 2 aromatic rings. The molecule has 0 bridgehead atoms. The molecule has 5 heteroatoms. The molecule has 2 N–H and O–H groups in total. The number of nitrogens with two attached hydrogens (primary N) is 1.